The lowest BCUT2D eigenvalue weighted by Gasteiger charge is -2.33. The molecule has 0 spiro atoms. The Morgan fingerprint density at radius 2 is 1.86 bits per heavy atom. The second-order valence-electron chi connectivity index (χ2n) is 8.64. The van der Waals surface area contributed by atoms with E-state index in [4.69, 9.17) is 4.74 Å². The topological polar surface area (TPSA) is 65.1 Å². The van der Waals surface area contributed by atoms with Crippen molar-refractivity contribution in [3.05, 3.63) is 0 Å². The Balaban J connectivity index is 1.67. The zero-order valence-electron chi connectivity index (χ0n) is 17.7. The highest BCUT2D eigenvalue weighted by atomic mass is 16.5. The average Bonchev–Trinajstić information content (AvgIpc) is 3.17. The summed E-state index contributed by atoms with van der Waals surface area (Å²) in [5.74, 6) is 0.878. The van der Waals surface area contributed by atoms with E-state index in [2.05, 4.69) is 10.2 Å². The molecule has 160 valence electrons. The molecule has 2 unspecified atom stereocenters. The highest BCUT2D eigenvalue weighted by Gasteiger charge is 2.42. The third-order valence-corrected chi connectivity index (χ3v) is 6.71. The summed E-state index contributed by atoms with van der Waals surface area (Å²) < 4.78 is 5.36. The standard InChI is InChI=1S/C21H38N4O3/c1-17(26)25-16-19(14-20(25)21(27)23-10-8-22-9-11-23)24(12-13-28-2)15-18-6-4-3-5-7-18/h18-20,22H,3-16H2,1-2H3. The molecule has 2 amide bonds. The zero-order valence-corrected chi connectivity index (χ0v) is 17.7. The lowest BCUT2D eigenvalue weighted by atomic mass is 9.88. The van der Waals surface area contributed by atoms with Crippen molar-refractivity contribution < 1.29 is 14.3 Å². The van der Waals surface area contributed by atoms with Gasteiger partial charge in [0.2, 0.25) is 11.8 Å². The van der Waals surface area contributed by atoms with Crippen LogP contribution >= 0.6 is 0 Å². The molecule has 0 bridgehead atoms. The normalized spacial score (nSPS) is 26.8. The molecule has 7 nitrogen and oxygen atoms in total. The fraction of sp³-hybridized carbons (Fsp3) is 0.905. The quantitative estimate of drug-likeness (QED) is 0.696. The first-order chi connectivity index (χ1) is 13.6. The van der Waals surface area contributed by atoms with Gasteiger partial charge in [0.05, 0.1) is 6.61 Å². The molecule has 3 aliphatic rings. The lowest BCUT2D eigenvalue weighted by molar-refractivity contribution is -0.143. The first-order valence-corrected chi connectivity index (χ1v) is 11.1. The Hall–Kier alpha value is -1.18. The molecule has 3 fully saturated rings. The minimum absolute atomic E-state index is 0.0142. The van der Waals surface area contributed by atoms with Crippen LogP contribution in [0.2, 0.25) is 0 Å². The summed E-state index contributed by atoms with van der Waals surface area (Å²) >= 11 is 0. The molecular weight excluding hydrogens is 356 g/mol. The predicted molar refractivity (Wildman–Crippen MR) is 109 cm³/mol. The van der Waals surface area contributed by atoms with Crippen molar-refractivity contribution in [2.24, 2.45) is 5.92 Å². The molecule has 2 atom stereocenters. The first-order valence-electron chi connectivity index (χ1n) is 11.1. The Morgan fingerprint density at radius 1 is 1.14 bits per heavy atom. The number of rotatable bonds is 7. The summed E-state index contributed by atoms with van der Waals surface area (Å²) in [7, 11) is 1.74. The Bertz CT molecular complexity index is 518. The van der Waals surface area contributed by atoms with Gasteiger partial charge in [0.25, 0.3) is 0 Å². The molecule has 0 aromatic carbocycles. The number of carbonyl (C=O) groups is 2. The van der Waals surface area contributed by atoms with E-state index in [1.165, 1.54) is 32.1 Å². The predicted octanol–water partition coefficient (Wildman–Crippen LogP) is 0.936. The number of hydrogen-bond donors (Lipinski definition) is 1. The van der Waals surface area contributed by atoms with E-state index in [9.17, 15) is 9.59 Å². The Kier molecular flexibility index (Phi) is 8.11. The van der Waals surface area contributed by atoms with Gasteiger partial charge < -0.3 is 19.9 Å². The van der Waals surface area contributed by atoms with Crippen LogP contribution in [0.15, 0.2) is 0 Å². The van der Waals surface area contributed by atoms with Gasteiger partial charge in [-0.3, -0.25) is 14.5 Å². The number of likely N-dealkylation sites (tertiary alicyclic amines) is 1. The van der Waals surface area contributed by atoms with Crippen LogP contribution in [0.3, 0.4) is 0 Å². The summed E-state index contributed by atoms with van der Waals surface area (Å²) in [5, 5.41) is 3.29. The van der Waals surface area contributed by atoms with Crippen LogP contribution in [0.1, 0.15) is 45.4 Å². The fourth-order valence-corrected chi connectivity index (χ4v) is 5.09. The maximum Gasteiger partial charge on any atom is 0.245 e. The zero-order chi connectivity index (χ0) is 19.9. The summed E-state index contributed by atoms with van der Waals surface area (Å²) in [6.07, 6.45) is 7.37. The van der Waals surface area contributed by atoms with Gasteiger partial charge >= 0.3 is 0 Å². The van der Waals surface area contributed by atoms with Crippen LogP contribution in [0.25, 0.3) is 0 Å². The number of amides is 2. The minimum atomic E-state index is -0.308. The molecule has 1 N–H and O–H groups in total. The van der Waals surface area contributed by atoms with E-state index >= 15 is 0 Å². The Labute approximate surface area is 169 Å². The van der Waals surface area contributed by atoms with Crippen molar-refractivity contribution >= 4 is 11.8 Å². The molecule has 3 rings (SSSR count). The van der Waals surface area contributed by atoms with Crippen molar-refractivity contribution in [1.82, 2.24) is 20.0 Å². The van der Waals surface area contributed by atoms with Gasteiger partial charge in [-0.05, 0) is 25.2 Å². The molecule has 2 aliphatic heterocycles. The van der Waals surface area contributed by atoms with E-state index < -0.39 is 0 Å². The molecule has 7 heteroatoms. The second-order valence-corrected chi connectivity index (χ2v) is 8.64. The fourth-order valence-electron chi connectivity index (χ4n) is 5.09. The molecule has 28 heavy (non-hydrogen) atoms. The summed E-state index contributed by atoms with van der Waals surface area (Å²) in [6.45, 7) is 8.04. The number of nitrogens with zero attached hydrogens (tertiary/aromatic N) is 3. The van der Waals surface area contributed by atoms with E-state index in [-0.39, 0.29) is 23.9 Å². The van der Waals surface area contributed by atoms with Gasteiger partial charge in [0, 0.05) is 65.9 Å². The highest BCUT2D eigenvalue weighted by molar-refractivity contribution is 5.87. The van der Waals surface area contributed by atoms with Crippen molar-refractivity contribution in [2.45, 2.75) is 57.5 Å². The monoisotopic (exact) mass is 394 g/mol. The van der Waals surface area contributed by atoms with Crippen LogP contribution in [-0.4, -0.2) is 98.1 Å². The molecule has 1 saturated carbocycles. The largest absolute Gasteiger partial charge is 0.383 e. The number of hydrogen-bond acceptors (Lipinski definition) is 5. The van der Waals surface area contributed by atoms with Crippen LogP contribution < -0.4 is 5.32 Å². The SMILES string of the molecule is COCCN(CC1CCCCC1)C1CC(C(=O)N2CCNCC2)N(C(C)=O)C1. The van der Waals surface area contributed by atoms with Crippen LogP contribution in [0, 0.1) is 5.92 Å². The minimum Gasteiger partial charge on any atom is -0.383 e. The molecule has 2 saturated heterocycles. The first kappa shape index (κ1) is 21.5. The maximum atomic E-state index is 13.1. The van der Waals surface area contributed by atoms with Gasteiger partial charge in [0.15, 0.2) is 0 Å². The number of nitrogens with one attached hydrogen (secondary N) is 1. The van der Waals surface area contributed by atoms with Gasteiger partial charge in [-0.2, -0.15) is 0 Å². The third-order valence-electron chi connectivity index (χ3n) is 6.71. The van der Waals surface area contributed by atoms with Gasteiger partial charge in [-0.25, -0.2) is 0 Å². The van der Waals surface area contributed by atoms with Crippen LogP contribution in [0.5, 0.6) is 0 Å². The highest BCUT2D eigenvalue weighted by Crippen LogP contribution is 2.29. The summed E-state index contributed by atoms with van der Waals surface area (Å²) in [6, 6.07) is -0.0603. The van der Waals surface area contributed by atoms with Crippen molar-refractivity contribution in [1.29, 1.82) is 0 Å². The van der Waals surface area contributed by atoms with E-state index in [1.807, 2.05) is 9.80 Å². The number of ether oxygens (including phenoxy) is 1. The Morgan fingerprint density at radius 3 is 2.50 bits per heavy atom. The van der Waals surface area contributed by atoms with Crippen LogP contribution in [0.4, 0.5) is 0 Å². The number of carbonyl (C=O) groups excluding carboxylic acids is 2. The summed E-state index contributed by atoms with van der Waals surface area (Å²) in [4.78, 5) is 31.7. The number of piperazine rings is 1. The average molecular weight is 395 g/mol. The second kappa shape index (κ2) is 10.6. The lowest BCUT2D eigenvalue weighted by Crippen LogP contribution is -2.53. The van der Waals surface area contributed by atoms with Crippen LogP contribution in [-0.2, 0) is 14.3 Å². The molecule has 0 radical (unpaired) electrons. The third kappa shape index (κ3) is 5.45. The molecule has 1 aliphatic carbocycles. The van der Waals surface area contributed by atoms with Crippen molar-refractivity contribution in [3.8, 4) is 0 Å². The molecule has 2 heterocycles. The molecule has 0 aromatic rings. The van der Waals surface area contributed by atoms with Crippen molar-refractivity contribution in [3.63, 3.8) is 0 Å². The maximum absolute atomic E-state index is 13.1. The molecule has 0 aromatic heterocycles. The van der Waals surface area contributed by atoms with Crippen molar-refractivity contribution in [2.75, 3.05) is 59.5 Å². The van der Waals surface area contributed by atoms with Gasteiger partial charge in [-0.15, -0.1) is 0 Å². The smallest absolute Gasteiger partial charge is 0.245 e. The van der Waals surface area contributed by atoms with E-state index in [0.717, 1.165) is 51.6 Å². The number of methoxy groups -OCH3 is 1. The summed E-state index contributed by atoms with van der Waals surface area (Å²) in [5.41, 5.74) is 0. The van der Waals surface area contributed by atoms with Gasteiger partial charge in [0.1, 0.15) is 6.04 Å². The van der Waals surface area contributed by atoms with Gasteiger partial charge in [-0.1, -0.05) is 19.3 Å². The van der Waals surface area contributed by atoms with E-state index in [1.54, 1.807) is 14.0 Å². The van der Waals surface area contributed by atoms with E-state index in [0.29, 0.717) is 13.2 Å². The molecular formula is C21H38N4O3.